The molecule has 0 heterocycles. The fraction of sp³-hybridized carbons (Fsp3) is 0.875. The van der Waals surface area contributed by atoms with Gasteiger partial charge in [-0.2, -0.15) is 0 Å². The lowest BCUT2D eigenvalue weighted by molar-refractivity contribution is -0.128. The molecule has 0 aromatic heterocycles. The van der Waals surface area contributed by atoms with E-state index in [4.69, 9.17) is 0 Å². The summed E-state index contributed by atoms with van der Waals surface area (Å²) >= 11 is 0. The summed E-state index contributed by atoms with van der Waals surface area (Å²) in [7, 11) is 2.02. The summed E-state index contributed by atoms with van der Waals surface area (Å²) in [5.74, 6) is 0.770. The largest absolute Gasteiger partial charge is 0.345 e. The highest BCUT2D eigenvalue weighted by Gasteiger charge is 2.27. The molecule has 0 saturated heterocycles. The maximum absolute atomic E-state index is 12.1. The van der Waals surface area contributed by atoms with E-state index in [1.54, 1.807) is 0 Å². The molecule has 1 saturated carbocycles. The summed E-state index contributed by atoms with van der Waals surface area (Å²) in [4.78, 5) is 25.8. The topological polar surface area (TPSA) is 49.4 Å². The minimum absolute atomic E-state index is 0.0297. The molecule has 0 spiro atoms. The summed E-state index contributed by atoms with van der Waals surface area (Å²) in [5.41, 5.74) is 0. The van der Waals surface area contributed by atoms with Gasteiger partial charge in [0.2, 0.25) is 5.91 Å². The number of nitrogens with one attached hydrogen (secondary N) is 1. The van der Waals surface area contributed by atoms with E-state index >= 15 is 0 Å². The van der Waals surface area contributed by atoms with Gasteiger partial charge in [0.05, 0.1) is 12.6 Å². The molecule has 4 nitrogen and oxygen atoms in total. The molecule has 3 atom stereocenters. The summed E-state index contributed by atoms with van der Waals surface area (Å²) in [6, 6.07) is 0.129. The summed E-state index contributed by atoms with van der Waals surface area (Å²) in [5, 5.41) is 2.87. The van der Waals surface area contributed by atoms with E-state index in [-0.39, 0.29) is 23.7 Å². The Labute approximate surface area is 123 Å². The molecule has 3 unspecified atom stereocenters. The number of nitrogens with zero attached hydrogens (tertiary/aromatic N) is 1. The van der Waals surface area contributed by atoms with Crippen LogP contribution >= 0.6 is 0 Å². The Hall–Kier alpha value is -0.900. The molecule has 0 aliphatic heterocycles. The normalized spacial score (nSPS) is 24.8. The molecule has 1 aliphatic carbocycles. The van der Waals surface area contributed by atoms with E-state index in [9.17, 15) is 9.59 Å². The molecule has 20 heavy (non-hydrogen) atoms. The number of Topliss-reactive ketones (excluding diaryl/α,β-unsaturated/α-hetero) is 1. The quantitative estimate of drug-likeness (QED) is 0.812. The van der Waals surface area contributed by atoms with Gasteiger partial charge in [0.25, 0.3) is 0 Å². The van der Waals surface area contributed by atoms with Gasteiger partial charge in [0, 0.05) is 6.04 Å². The van der Waals surface area contributed by atoms with Crippen molar-refractivity contribution < 1.29 is 9.59 Å². The van der Waals surface area contributed by atoms with Crippen LogP contribution in [-0.2, 0) is 9.59 Å². The fourth-order valence-corrected chi connectivity index (χ4v) is 3.25. The van der Waals surface area contributed by atoms with Gasteiger partial charge >= 0.3 is 0 Å². The van der Waals surface area contributed by atoms with Crippen LogP contribution in [0.4, 0.5) is 0 Å². The molecule has 0 aromatic carbocycles. The predicted octanol–water partition coefficient (Wildman–Crippen LogP) is 2.23. The van der Waals surface area contributed by atoms with Crippen LogP contribution in [0.3, 0.4) is 0 Å². The van der Waals surface area contributed by atoms with Gasteiger partial charge in [0.1, 0.15) is 0 Å². The third kappa shape index (κ3) is 4.89. The van der Waals surface area contributed by atoms with E-state index < -0.39 is 0 Å². The number of hydrogen-bond acceptors (Lipinski definition) is 3. The molecule has 0 aromatic rings. The first-order valence-electron chi connectivity index (χ1n) is 7.83. The predicted molar refractivity (Wildman–Crippen MR) is 81.5 cm³/mol. The molecule has 1 amide bonds. The molecule has 4 heteroatoms. The Kier molecular flexibility index (Phi) is 6.66. The van der Waals surface area contributed by atoms with Crippen LogP contribution in [0, 0.1) is 11.8 Å². The van der Waals surface area contributed by atoms with Gasteiger partial charge in [-0.25, -0.2) is 0 Å². The zero-order chi connectivity index (χ0) is 15.3. The Morgan fingerprint density at radius 3 is 2.35 bits per heavy atom. The zero-order valence-electron chi connectivity index (χ0n) is 13.6. The standard InChI is InChI=1S/C16H30N2O2/c1-11(2)16(13(4)19)17-15(20)10-18(5)14-9-7-6-8-12(14)3/h11-12,14,16H,6-10H2,1-5H3,(H,17,20). The molecule has 0 radical (unpaired) electrons. The van der Waals surface area contributed by atoms with Crippen molar-refractivity contribution >= 4 is 11.7 Å². The van der Waals surface area contributed by atoms with Gasteiger partial charge in [-0.05, 0) is 38.6 Å². The minimum atomic E-state index is -0.361. The second-order valence-corrected chi connectivity index (χ2v) is 6.64. The molecule has 1 fully saturated rings. The van der Waals surface area contributed by atoms with Crippen molar-refractivity contribution in [3.63, 3.8) is 0 Å². The third-order valence-electron chi connectivity index (χ3n) is 4.45. The number of amides is 1. The molecule has 1 aliphatic rings. The first kappa shape index (κ1) is 17.2. The zero-order valence-corrected chi connectivity index (χ0v) is 13.6. The van der Waals surface area contributed by atoms with Crippen LogP contribution in [0.15, 0.2) is 0 Å². The molecule has 1 rings (SSSR count). The first-order valence-corrected chi connectivity index (χ1v) is 7.83. The lowest BCUT2D eigenvalue weighted by Crippen LogP contribution is -2.49. The first-order chi connectivity index (χ1) is 9.32. The highest BCUT2D eigenvalue weighted by atomic mass is 16.2. The van der Waals surface area contributed by atoms with Crippen LogP contribution < -0.4 is 5.32 Å². The van der Waals surface area contributed by atoms with Crippen molar-refractivity contribution in [2.75, 3.05) is 13.6 Å². The average molecular weight is 282 g/mol. The third-order valence-corrected chi connectivity index (χ3v) is 4.45. The van der Waals surface area contributed by atoms with Crippen molar-refractivity contribution in [3.8, 4) is 0 Å². The second kappa shape index (κ2) is 7.77. The summed E-state index contributed by atoms with van der Waals surface area (Å²) < 4.78 is 0. The van der Waals surface area contributed by atoms with Crippen molar-refractivity contribution in [1.29, 1.82) is 0 Å². The number of carbonyl (C=O) groups is 2. The summed E-state index contributed by atoms with van der Waals surface area (Å²) in [6.07, 6.45) is 4.98. The minimum Gasteiger partial charge on any atom is -0.345 e. The lowest BCUT2D eigenvalue weighted by Gasteiger charge is -2.36. The van der Waals surface area contributed by atoms with Crippen LogP contribution in [-0.4, -0.2) is 42.3 Å². The van der Waals surface area contributed by atoms with E-state index in [2.05, 4.69) is 17.1 Å². The SMILES string of the molecule is CC(=O)C(NC(=O)CN(C)C1CCCCC1C)C(C)C. The number of carbonyl (C=O) groups excluding carboxylic acids is 2. The fourth-order valence-electron chi connectivity index (χ4n) is 3.25. The maximum atomic E-state index is 12.1. The van der Waals surface area contributed by atoms with E-state index in [1.807, 2.05) is 20.9 Å². The monoisotopic (exact) mass is 282 g/mol. The summed E-state index contributed by atoms with van der Waals surface area (Å²) in [6.45, 7) is 8.10. The van der Waals surface area contributed by atoms with Gasteiger partial charge in [-0.15, -0.1) is 0 Å². The van der Waals surface area contributed by atoms with E-state index in [1.165, 1.54) is 32.6 Å². The molecule has 116 valence electrons. The van der Waals surface area contributed by atoms with Crippen LogP contribution in [0.25, 0.3) is 0 Å². The Morgan fingerprint density at radius 2 is 1.85 bits per heavy atom. The Bertz CT molecular complexity index is 341. The van der Waals surface area contributed by atoms with Gasteiger partial charge in [0.15, 0.2) is 5.78 Å². The van der Waals surface area contributed by atoms with Crippen molar-refractivity contribution in [3.05, 3.63) is 0 Å². The number of likely N-dealkylation sites (N-methyl/N-ethyl adjacent to an activating group) is 1. The van der Waals surface area contributed by atoms with Gasteiger partial charge in [-0.1, -0.05) is 33.6 Å². The van der Waals surface area contributed by atoms with Crippen LogP contribution in [0.2, 0.25) is 0 Å². The van der Waals surface area contributed by atoms with Crippen molar-refractivity contribution in [2.45, 2.75) is 65.5 Å². The number of hydrogen-bond donors (Lipinski definition) is 1. The Morgan fingerprint density at radius 1 is 1.25 bits per heavy atom. The Balaban J connectivity index is 2.50. The van der Waals surface area contributed by atoms with Gasteiger partial charge in [-0.3, -0.25) is 14.5 Å². The number of rotatable bonds is 6. The van der Waals surface area contributed by atoms with E-state index in [0.717, 1.165) is 0 Å². The van der Waals surface area contributed by atoms with E-state index in [0.29, 0.717) is 18.5 Å². The van der Waals surface area contributed by atoms with Crippen LogP contribution in [0.5, 0.6) is 0 Å². The average Bonchev–Trinajstić information content (AvgIpc) is 2.35. The number of ketones is 1. The van der Waals surface area contributed by atoms with Crippen molar-refractivity contribution in [2.24, 2.45) is 11.8 Å². The lowest BCUT2D eigenvalue weighted by atomic mass is 9.85. The highest BCUT2D eigenvalue weighted by Crippen LogP contribution is 2.27. The molecular weight excluding hydrogens is 252 g/mol. The molecule has 1 N–H and O–H groups in total. The van der Waals surface area contributed by atoms with Gasteiger partial charge < -0.3 is 5.32 Å². The molecular formula is C16H30N2O2. The second-order valence-electron chi connectivity index (χ2n) is 6.64. The molecule has 0 bridgehead atoms. The smallest absolute Gasteiger partial charge is 0.234 e. The maximum Gasteiger partial charge on any atom is 0.234 e. The van der Waals surface area contributed by atoms with Crippen LogP contribution in [0.1, 0.15) is 53.4 Å². The van der Waals surface area contributed by atoms with Crippen molar-refractivity contribution in [1.82, 2.24) is 10.2 Å². The highest BCUT2D eigenvalue weighted by molar-refractivity contribution is 5.88.